The second-order valence-electron chi connectivity index (χ2n) is 8.92. The molecular weight excluding hydrogens is 464 g/mol. The molecule has 4 aromatic rings. The fraction of sp³-hybridized carbons (Fsp3) is 0.333. The maximum Gasteiger partial charge on any atom is 0.421 e. The van der Waals surface area contributed by atoms with Crippen LogP contribution in [0.2, 0.25) is 0 Å². The zero-order valence-corrected chi connectivity index (χ0v) is 21.8. The maximum atomic E-state index is 4.47. The van der Waals surface area contributed by atoms with Gasteiger partial charge in [0, 0.05) is 23.3 Å². The van der Waals surface area contributed by atoms with Crippen molar-refractivity contribution < 1.29 is 9.13 Å². The molecule has 0 aliphatic carbocycles. The van der Waals surface area contributed by atoms with E-state index in [-0.39, 0.29) is 0 Å². The first-order valence-electron chi connectivity index (χ1n) is 12.6. The van der Waals surface area contributed by atoms with Crippen molar-refractivity contribution >= 4 is 34.6 Å². The summed E-state index contributed by atoms with van der Waals surface area (Å²) in [7, 11) is 5.85. The second kappa shape index (κ2) is 13.1. The highest BCUT2D eigenvalue weighted by Gasteiger charge is 2.11. The fourth-order valence-electron chi connectivity index (χ4n) is 3.89. The molecular formula is C27H36N10+2. The Balaban J connectivity index is 1.17. The van der Waals surface area contributed by atoms with Crippen LogP contribution in [-0.2, 0) is 21.1 Å². The first-order valence-corrected chi connectivity index (χ1v) is 12.6. The van der Waals surface area contributed by atoms with Gasteiger partial charge in [-0.15, -0.1) is 0 Å². The van der Waals surface area contributed by atoms with Gasteiger partial charge in [0.1, 0.15) is 11.4 Å². The van der Waals surface area contributed by atoms with E-state index in [0.717, 1.165) is 67.5 Å². The smallest absolute Gasteiger partial charge is 0.383 e. The number of imidazole rings is 2. The molecule has 0 unspecified atom stereocenters. The quantitative estimate of drug-likeness (QED) is 0.121. The average Bonchev–Trinajstić information content (AvgIpc) is 3.47. The topological polar surface area (TPSA) is 102 Å². The standard InChI is InChI=1S/C27H34N10/c1-35-19-18-30-26(35)33-31-24-14-8-6-12-22(24)28-16-10-4-5-11-17-29-23-13-7-9-15-25(23)32-34-27-36(2)20-21-37(27)3/h6-9,12-15,18-21H,4-5,10-11,16-17H2,1-3H3,(H,28,30,33)/p+2. The van der Waals surface area contributed by atoms with Gasteiger partial charge in [0.05, 0.1) is 57.3 Å². The van der Waals surface area contributed by atoms with Crippen molar-refractivity contribution in [2.45, 2.75) is 25.7 Å². The number of H-pyrrole nitrogens is 1. The van der Waals surface area contributed by atoms with Crippen LogP contribution in [0.15, 0.2) is 93.8 Å². The largest absolute Gasteiger partial charge is 0.421 e. The molecule has 0 aliphatic heterocycles. The predicted octanol–water partition coefficient (Wildman–Crippen LogP) is 5.92. The lowest BCUT2D eigenvalue weighted by Gasteiger charge is -2.09. The second-order valence-corrected chi connectivity index (χ2v) is 8.92. The van der Waals surface area contributed by atoms with Crippen LogP contribution in [0.3, 0.4) is 0 Å². The van der Waals surface area contributed by atoms with Crippen LogP contribution in [0.25, 0.3) is 0 Å². The molecule has 192 valence electrons. The van der Waals surface area contributed by atoms with E-state index in [1.807, 2.05) is 108 Å². The van der Waals surface area contributed by atoms with Crippen LogP contribution in [0, 0.1) is 0 Å². The van der Waals surface area contributed by atoms with Gasteiger partial charge in [-0.3, -0.25) is 0 Å². The molecule has 0 saturated heterocycles. The molecule has 37 heavy (non-hydrogen) atoms. The first kappa shape index (κ1) is 25.7. The summed E-state index contributed by atoms with van der Waals surface area (Å²) in [5.74, 6) is 1.50. The molecule has 0 aliphatic rings. The molecule has 4 rings (SSSR count). The Bertz CT molecular complexity index is 1310. The van der Waals surface area contributed by atoms with Gasteiger partial charge in [-0.1, -0.05) is 47.3 Å². The van der Waals surface area contributed by atoms with E-state index in [1.165, 1.54) is 0 Å². The SMILES string of the molecule is Cn1cc[n+](C)c1N=Nc1ccccc1NCCCCCCNc1ccccc1N=Nc1[nH]cc[n+]1C. The van der Waals surface area contributed by atoms with Gasteiger partial charge in [0.15, 0.2) is 0 Å². The summed E-state index contributed by atoms with van der Waals surface area (Å²) in [5, 5.41) is 24.6. The number of anilines is 2. The molecule has 0 fully saturated rings. The van der Waals surface area contributed by atoms with E-state index in [4.69, 9.17) is 0 Å². The van der Waals surface area contributed by atoms with Crippen molar-refractivity contribution in [1.82, 2.24) is 9.55 Å². The molecule has 0 spiro atoms. The highest BCUT2D eigenvalue weighted by Crippen LogP contribution is 2.27. The number of nitrogens with one attached hydrogen (secondary N) is 3. The molecule has 3 N–H and O–H groups in total. The van der Waals surface area contributed by atoms with Gasteiger partial charge in [-0.25, -0.2) is 18.7 Å². The van der Waals surface area contributed by atoms with Gasteiger partial charge in [0.25, 0.3) is 0 Å². The zero-order valence-electron chi connectivity index (χ0n) is 21.8. The number of benzene rings is 2. The van der Waals surface area contributed by atoms with Crippen molar-refractivity contribution in [3.05, 3.63) is 73.3 Å². The van der Waals surface area contributed by atoms with Crippen LogP contribution in [0.1, 0.15) is 25.7 Å². The molecule has 2 aromatic carbocycles. The average molecular weight is 501 g/mol. The lowest BCUT2D eigenvalue weighted by atomic mass is 10.2. The van der Waals surface area contributed by atoms with Crippen molar-refractivity contribution in [1.29, 1.82) is 0 Å². The normalized spacial score (nSPS) is 11.5. The zero-order chi connectivity index (χ0) is 25.9. The summed E-state index contributed by atoms with van der Waals surface area (Å²) in [6.45, 7) is 1.80. The number of azo groups is 2. The van der Waals surface area contributed by atoms with Crippen LogP contribution in [0.5, 0.6) is 0 Å². The van der Waals surface area contributed by atoms with Crippen molar-refractivity contribution in [3.8, 4) is 0 Å². The van der Waals surface area contributed by atoms with Crippen LogP contribution in [0.4, 0.5) is 34.6 Å². The van der Waals surface area contributed by atoms with Crippen LogP contribution < -0.4 is 19.8 Å². The van der Waals surface area contributed by atoms with E-state index >= 15 is 0 Å². The minimum absolute atomic E-state index is 0.708. The van der Waals surface area contributed by atoms with Gasteiger partial charge < -0.3 is 10.6 Å². The highest BCUT2D eigenvalue weighted by molar-refractivity contribution is 5.65. The summed E-state index contributed by atoms with van der Waals surface area (Å²) in [6, 6.07) is 16.0. The number of hydrogen-bond acceptors (Lipinski definition) is 6. The van der Waals surface area contributed by atoms with Gasteiger partial charge in [0.2, 0.25) is 0 Å². The number of aromatic nitrogens is 4. The van der Waals surface area contributed by atoms with E-state index < -0.39 is 0 Å². The highest BCUT2D eigenvalue weighted by atomic mass is 15.3. The summed E-state index contributed by atoms with van der Waals surface area (Å²) in [5.41, 5.74) is 3.67. The Labute approximate surface area is 217 Å². The number of hydrogen-bond donors (Lipinski definition) is 3. The summed E-state index contributed by atoms with van der Waals surface area (Å²) >= 11 is 0. The number of rotatable bonds is 13. The van der Waals surface area contributed by atoms with E-state index in [2.05, 4.69) is 36.1 Å². The third-order valence-electron chi connectivity index (χ3n) is 6.03. The molecule has 0 bridgehead atoms. The summed E-state index contributed by atoms with van der Waals surface area (Å²) in [6.07, 6.45) is 12.2. The first-order chi connectivity index (χ1) is 18.1. The predicted molar refractivity (Wildman–Crippen MR) is 145 cm³/mol. The van der Waals surface area contributed by atoms with Crippen LogP contribution in [-0.4, -0.2) is 22.6 Å². The number of unbranched alkanes of at least 4 members (excludes halogenated alkanes) is 3. The monoisotopic (exact) mass is 500 g/mol. The lowest BCUT2D eigenvalue weighted by molar-refractivity contribution is -0.657. The van der Waals surface area contributed by atoms with Crippen LogP contribution >= 0.6 is 0 Å². The lowest BCUT2D eigenvalue weighted by Crippen LogP contribution is -2.25. The third-order valence-corrected chi connectivity index (χ3v) is 6.03. The Morgan fingerprint density at radius 2 is 1.32 bits per heavy atom. The molecule has 10 nitrogen and oxygen atoms in total. The Morgan fingerprint density at radius 1 is 0.730 bits per heavy atom. The van der Waals surface area contributed by atoms with Gasteiger partial charge >= 0.3 is 11.9 Å². The Kier molecular flexibility index (Phi) is 9.12. The maximum absolute atomic E-state index is 4.47. The molecule has 10 heteroatoms. The minimum Gasteiger partial charge on any atom is -0.383 e. The number of aromatic amines is 1. The summed E-state index contributed by atoms with van der Waals surface area (Å²) in [4.78, 5) is 3.07. The number of para-hydroxylation sites is 2. The fourth-order valence-corrected chi connectivity index (χ4v) is 3.89. The Morgan fingerprint density at radius 3 is 1.86 bits per heavy atom. The van der Waals surface area contributed by atoms with Crippen molar-refractivity contribution in [2.75, 3.05) is 23.7 Å². The summed E-state index contributed by atoms with van der Waals surface area (Å²) < 4.78 is 5.78. The molecule has 0 saturated carbocycles. The Hall–Kier alpha value is -4.34. The molecule has 2 heterocycles. The third kappa shape index (κ3) is 7.33. The van der Waals surface area contributed by atoms with E-state index in [1.54, 1.807) is 0 Å². The van der Waals surface area contributed by atoms with Crippen molar-refractivity contribution in [3.63, 3.8) is 0 Å². The molecule has 0 radical (unpaired) electrons. The van der Waals surface area contributed by atoms with E-state index in [9.17, 15) is 0 Å². The van der Waals surface area contributed by atoms with E-state index in [0.29, 0.717) is 5.95 Å². The molecule has 2 aromatic heterocycles. The molecule has 0 atom stereocenters. The molecule has 0 amide bonds. The van der Waals surface area contributed by atoms with Gasteiger partial charge in [-0.05, 0) is 37.1 Å². The minimum atomic E-state index is 0.708. The number of nitrogens with zero attached hydrogens (tertiary/aromatic N) is 7. The van der Waals surface area contributed by atoms with Crippen molar-refractivity contribution in [2.24, 2.45) is 41.6 Å². The number of aryl methyl sites for hydroxylation is 3. The van der Waals surface area contributed by atoms with Gasteiger partial charge in [-0.2, -0.15) is 0 Å².